The van der Waals surface area contributed by atoms with Gasteiger partial charge in [0.1, 0.15) is 11.6 Å². The van der Waals surface area contributed by atoms with Crippen LogP contribution in [0, 0.1) is 5.82 Å². The predicted molar refractivity (Wildman–Crippen MR) is 79.9 cm³/mol. The van der Waals surface area contributed by atoms with Crippen LogP contribution in [0.5, 0.6) is 5.75 Å². The molecule has 1 N–H and O–H groups in total. The van der Waals surface area contributed by atoms with Crippen molar-refractivity contribution >= 4 is 17.5 Å². The molecule has 0 fully saturated rings. The molecule has 0 unspecified atom stereocenters. The van der Waals surface area contributed by atoms with Gasteiger partial charge in [0.25, 0.3) is 5.91 Å². The third-order valence-electron chi connectivity index (χ3n) is 2.91. The lowest BCUT2D eigenvalue weighted by molar-refractivity contribution is -0.123. The summed E-state index contributed by atoms with van der Waals surface area (Å²) in [5, 5.41) is 3.44. The molecule has 2 aromatic carbocycles. The molecule has 0 radical (unpaired) electrons. The summed E-state index contributed by atoms with van der Waals surface area (Å²) in [6.07, 6.45) is 0. The molecule has 1 amide bonds. The Morgan fingerprint density at radius 3 is 2.67 bits per heavy atom. The van der Waals surface area contributed by atoms with Crippen LogP contribution in [0.25, 0.3) is 0 Å². The van der Waals surface area contributed by atoms with Crippen LogP contribution >= 0.6 is 11.6 Å². The van der Waals surface area contributed by atoms with E-state index in [0.717, 1.165) is 5.56 Å². The van der Waals surface area contributed by atoms with Crippen molar-refractivity contribution in [3.8, 4) is 5.75 Å². The van der Waals surface area contributed by atoms with E-state index >= 15 is 0 Å². The summed E-state index contributed by atoms with van der Waals surface area (Å²) in [6, 6.07) is 12.7. The molecular formula is C16H15ClFNO2. The number of carbonyl (C=O) groups is 1. The van der Waals surface area contributed by atoms with E-state index in [0.29, 0.717) is 10.8 Å². The maximum absolute atomic E-state index is 13.0. The van der Waals surface area contributed by atoms with Gasteiger partial charge in [-0.2, -0.15) is 0 Å². The van der Waals surface area contributed by atoms with Crippen LogP contribution in [-0.2, 0) is 4.79 Å². The molecule has 0 saturated heterocycles. The molecule has 0 spiro atoms. The van der Waals surface area contributed by atoms with Crippen molar-refractivity contribution in [3.63, 3.8) is 0 Å². The largest absolute Gasteiger partial charge is 0.484 e. The predicted octanol–water partition coefficient (Wildman–Crippen LogP) is 3.74. The summed E-state index contributed by atoms with van der Waals surface area (Å²) in [7, 11) is 0. The lowest BCUT2D eigenvalue weighted by Crippen LogP contribution is -2.31. The molecule has 0 aliphatic heterocycles. The summed E-state index contributed by atoms with van der Waals surface area (Å²) >= 11 is 5.81. The minimum Gasteiger partial charge on any atom is -0.484 e. The van der Waals surface area contributed by atoms with Gasteiger partial charge < -0.3 is 10.1 Å². The first kappa shape index (κ1) is 15.3. The van der Waals surface area contributed by atoms with E-state index in [1.165, 1.54) is 18.2 Å². The van der Waals surface area contributed by atoms with E-state index in [4.69, 9.17) is 16.3 Å². The fourth-order valence-corrected chi connectivity index (χ4v) is 1.95. The van der Waals surface area contributed by atoms with Crippen molar-refractivity contribution in [2.75, 3.05) is 6.61 Å². The molecule has 0 aliphatic rings. The lowest BCUT2D eigenvalue weighted by Gasteiger charge is -2.14. The Balaban J connectivity index is 1.85. The second-order valence-electron chi connectivity index (χ2n) is 4.59. The average Bonchev–Trinajstić information content (AvgIpc) is 2.46. The van der Waals surface area contributed by atoms with Crippen LogP contribution in [-0.4, -0.2) is 12.5 Å². The normalized spacial score (nSPS) is 11.8. The van der Waals surface area contributed by atoms with E-state index in [2.05, 4.69) is 5.32 Å². The number of rotatable bonds is 5. The van der Waals surface area contributed by atoms with Gasteiger partial charge >= 0.3 is 0 Å². The summed E-state index contributed by atoms with van der Waals surface area (Å²) in [6.45, 7) is 1.70. The Hall–Kier alpha value is -2.07. The molecule has 110 valence electrons. The van der Waals surface area contributed by atoms with Crippen molar-refractivity contribution in [2.24, 2.45) is 0 Å². The topological polar surface area (TPSA) is 38.3 Å². The van der Waals surface area contributed by atoms with Gasteiger partial charge in [-0.15, -0.1) is 0 Å². The monoisotopic (exact) mass is 307 g/mol. The standard InChI is InChI=1S/C16H15ClFNO2/c1-11(12-5-7-13(17)8-6-12)19-16(20)10-21-15-4-2-3-14(18)9-15/h2-9,11H,10H2,1H3,(H,19,20)/t11-/m0/s1. The third kappa shape index (κ3) is 4.76. The van der Waals surface area contributed by atoms with E-state index in [-0.39, 0.29) is 18.6 Å². The summed E-state index contributed by atoms with van der Waals surface area (Å²) in [5.74, 6) is -0.353. The highest BCUT2D eigenvalue weighted by atomic mass is 35.5. The first-order valence-electron chi connectivity index (χ1n) is 6.48. The molecule has 0 bridgehead atoms. The summed E-state index contributed by atoms with van der Waals surface area (Å²) in [5.41, 5.74) is 0.943. The molecule has 2 rings (SSSR count). The minimum absolute atomic E-state index is 0.161. The zero-order chi connectivity index (χ0) is 15.2. The zero-order valence-corrected chi connectivity index (χ0v) is 12.2. The molecule has 3 nitrogen and oxygen atoms in total. The first-order chi connectivity index (χ1) is 10.0. The van der Waals surface area contributed by atoms with Crippen molar-refractivity contribution < 1.29 is 13.9 Å². The molecule has 2 aromatic rings. The third-order valence-corrected chi connectivity index (χ3v) is 3.17. The summed E-state index contributed by atoms with van der Waals surface area (Å²) in [4.78, 5) is 11.8. The molecular weight excluding hydrogens is 293 g/mol. The Kier molecular flexibility index (Phi) is 5.17. The fraction of sp³-hybridized carbons (Fsp3) is 0.188. The maximum atomic E-state index is 13.0. The van der Waals surface area contributed by atoms with Crippen LogP contribution in [0.4, 0.5) is 4.39 Å². The smallest absolute Gasteiger partial charge is 0.258 e. The van der Waals surface area contributed by atoms with Crippen molar-refractivity contribution in [3.05, 3.63) is 64.9 Å². The SMILES string of the molecule is C[C@H](NC(=O)COc1cccc(F)c1)c1ccc(Cl)cc1. The van der Waals surface area contributed by atoms with Crippen molar-refractivity contribution in [1.29, 1.82) is 0 Å². The summed E-state index contributed by atoms with van der Waals surface area (Å²) < 4.78 is 18.2. The quantitative estimate of drug-likeness (QED) is 0.914. The van der Waals surface area contributed by atoms with Crippen molar-refractivity contribution in [1.82, 2.24) is 5.32 Å². The molecule has 0 aromatic heterocycles. The van der Waals surface area contributed by atoms with Gasteiger partial charge in [0.05, 0.1) is 6.04 Å². The molecule has 21 heavy (non-hydrogen) atoms. The molecule has 1 atom stereocenters. The van der Waals surface area contributed by atoms with Crippen molar-refractivity contribution in [2.45, 2.75) is 13.0 Å². The highest BCUT2D eigenvalue weighted by Crippen LogP contribution is 2.16. The van der Waals surface area contributed by atoms with Crippen LogP contribution < -0.4 is 10.1 Å². The van der Waals surface area contributed by atoms with Gasteiger partial charge in [-0.25, -0.2) is 4.39 Å². The number of ether oxygens (including phenoxy) is 1. The first-order valence-corrected chi connectivity index (χ1v) is 6.85. The number of benzene rings is 2. The average molecular weight is 308 g/mol. The Labute approximate surface area is 127 Å². The van der Waals surface area contributed by atoms with Gasteiger partial charge in [0.15, 0.2) is 6.61 Å². The van der Waals surface area contributed by atoms with Gasteiger partial charge in [-0.1, -0.05) is 29.8 Å². The maximum Gasteiger partial charge on any atom is 0.258 e. The van der Waals surface area contributed by atoms with Gasteiger partial charge in [0, 0.05) is 11.1 Å². The van der Waals surface area contributed by atoms with Crippen LogP contribution in [0.3, 0.4) is 0 Å². The number of hydrogen-bond acceptors (Lipinski definition) is 2. The Bertz CT molecular complexity index is 616. The van der Waals surface area contributed by atoms with Gasteiger partial charge in [0.2, 0.25) is 0 Å². The van der Waals surface area contributed by atoms with Crippen LogP contribution in [0.2, 0.25) is 5.02 Å². The van der Waals surface area contributed by atoms with E-state index in [1.54, 1.807) is 18.2 Å². The fourth-order valence-electron chi connectivity index (χ4n) is 1.82. The number of amides is 1. The number of nitrogens with one attached hydrogen (secondary N) is 1. The minimum atomic E-state index is -0.401. The van der Waals surface area contributed by atoms with E-state index < -0.39 is 5.82 Å². The van der Waals surface area contributed by atoms with E-state index in [9.17, 15) is 9.18 Å². The van der Waals surface area contributed by atoms with Crippen LogP contribution in [0.15, 0.2) is 48.5 Å². The Morgan fingerprint density at radius 2 is 2.00 bits per heavy atom. The molecule has 0 saturated carbocycles. The second kappa shape index (κ2) is 7.09. The highest BCUT2D eigenvalue weighted by Gasteiger charge is 2.10. The lowest BCUT2D eigenvalue weighted by atomic mass is 10.1. The number of hydrogen-bond donors (Lipinski definition) is 1. The Morgan fingerprint density at radius 1 is 1.29 bits per heavy atom. The molecule has 5 heteroatoms. The zero-order valence-electron chi connectivity index (χ0n) is 11.5. The molecule has 0 aliphatic carbocycles. The highest BCUT2D eigenvalue weighted by molar-refractivity contribution is 6.30. The van der Waals surface area contributed by atoms with Gasteiger partial charge in [-0.05, 0) is 36.8 Å². The molecule has 0 heterocycles. The van der Waals surface area contributed by atoms with Gasteiger partial charge in [-0.3, -0.25) is 4.79 Å². The second-order valence-corrected chi connectivity index (χ2v) is 5.02. The van der Waals surface area contributed by atoms with Crippen LogP contribution in [0.1, 0.15) is 18.5 Å². The number of halogens is 2. The number of carbonyl (C=O) groups excluding carboxylic acids is 1. The van der Waals surface area contributed by atoms with E-state index in [1.807, 2.05) is 19.1 Å².